The number of nitrogens with one attached hydrogen (secondary N) is 2. The van der Waals surface area contributed by atoms with Crippen LogP contribution >= 0.6 is 0 Å². The van der Waals surface area contributed by atoms with E-state index in [4.69, 9.17) is 0 Å². The van der Waals surface area contributed by atoms with Crippen LogP contribution in [0.4, 0.5) is 0 Å². The maximum absolute atomic E-state index is 4.22. The highest BCUT2D eigenvalue weighted by Crippen LogP contribution is 1.92. The van der Waals surface area contributed by atoms with Crippen LogP contribution in [-0.4, -0.2) is 25.2 Å². The maximum Gasteiger partial charge on any atom is 0.0451 e. The fourth-order valence-electron chi connectivity index (χ4n) is 0.976. The van der Waals surface area contributed by atoms with Crippen molar-refractivity contribution in [2.24, 2.45) is 0 Å². The van der Waals surface area contributed by atoms with Gasteiger partial charge in [0.05, 0.1) is 0 Å². The summed E-state index contributed by atoms with van der Waals surface area (Å²) >= 11 is 0. The molecule has 3 nitrogen and oxygen atoms in total. The largest absolute Gasteiger partial charge is 0.308 e. The van der Waals surface area contributed by atoms with Gasteiger partial charge in [-0.2, -0.15) is 0 Å². The van der Waals surface area contributed by atoms with Crippen LogP contribution in [0.2, 0.25) is 0 Å². The van der Waals surface area contributed by atoms with Gasteiger partial charge in [0, 0.05) is 31.5 Å². The van der Waals surface area contributed by atoms with Gasteiger partial charge in [-0.3, -0.25) is 4.98 Å². The van der Waals surface area contributed by atoms with Gasteiger partial charge >= 0.3 is 0 Å². The second-order valence-electron chi connectivity index (χ2n) is 2.60. The minimum Gasteiger partial charge on any atom is -0.308 e. The summed E-state index contributed by atoms with van der Waals surface area (Å²) in [5.74, 6) is 0. The minimum atomic E-state index is 0.854. The molecule has 1 heterocycles. The van der Waals surface area contributed by atoms with Crippen LogP contribution in [-0.2, 0) is 6.42 Å². The number of aromatic nitrogens is 1. The lowest BCUT2D eigenvalue weighted by molar-refractivity contribution is 0.627. The molecule has 0 bridgehead atoms. The molecule has 0 saturated heterocycles. The van der Waals surface area contributed by atoms with Crippen molar-refractivity contribution in [2.45, 2.75) is 6.42 Å². The van der Waals surface area contributed by atoms with E-state index in [1.165, 1.54) is 0 Å². The van der Waals surface area contributed by atoms with Crippen LogP contribution in [0, 0.1) is 0 Å². The molecule has 3 heteroatoms. The first-order valence-electron chi connectivity index (χ1n) is 4.18. The third-order valence-electron chi connectivity index (χ3n) is 1.59. The molecule has 1 rings (SSSR count). The maximum atomic E-state index is 4.22. The standard InChI is InChI=1S/C9H15N3/c1-10-8-11-7-5-9-4-2-3-6-12-9/h2-4,6,10-11H,5,7-8H2,1H3. The van der Waals surface area contributed by atoms with Crippen LogP contribution < -0.4 is 10.6 Å². The summed E-state index contributed by atoms with van der Waals surface area (Å²) in [6, 6.07) is 5.99. The zero-order chi connectivity index (χ0) is 8.65. The summed E-state index contributed by atoms with van der Waals surface area (Å²) in [4.78, 5) is 4.22. The van der Waals surface area contributed by atoms with Crippen molar-refractivity contribution in [2.75, 3.05) is 20.3 Å². The predicted octanol–water partition coefficient (Wildman–Crippen LogP) is 0.391. The fraction of sp³-hybridized carbons (Fsp3) is 0.444. The van der Waals surface area contributed by atoms with Crippen LogP contribution in [0.15, 0.2) is 24.4 Å². The molecule has 0 aromatic carbocycles. The van der Waals surface area contributed by atoms with E-state index in [-0.39, 0.29) is 0 Å². The van der Waals surface area contributed by atoms with E-state index in [0.717, 1.165) is 25.3 Å². The second kappa shape index (κ2) is 5.69. The summed E-state index contributed by atoms with van der Waals surface area (Å²) in [7, 11) is 1.92. The quantitative estimate of drug-likeness (QED) is 0.489. The van der Waals surface area contributed by atoms with Crippen LogP contribution in [0.3, 0.4) is 0 Å². The molecular weight excluding hydrogens is 150 g/mol. The molecule has 0 aliphatic carbocycles. The van der Waals surface area contributed by atoms with Gasteiger partial charge in [-0.25, -0.2) is 0 Å². The Hall–Kier alpha value is -0.930. The normalized spacial score (nSPS) is 10.1. The van der Waals surface area contributed by atoms with Gasteiger partial charge in [0.2, 0.25) is 0 Å². The molecule has 0 atom stereocenters. The SMILES string of the molecule is CNCNCCc1ccccn1. The molecule has 0 unspecified atom stereocenters. The monoisotopic (exact) mass is 165 g/mol. The summed E-state index contributed by atoms with van der Waals surface area (Å²) < 4.78 is 0. The topological polar surface area (TPSA) is 37.0 Å². The van der Waals surface area contributed by atoms with Crippen LogP contribution in [0.5, 0.6) is 0 Å². The van der Waals surface area contributed by atoms with Crippen molar-refractivity contribution in [3.05, 3.63) is 30.1 Å². The predicted molar refractivity (Wildman–Crippen MR) is 49.9 cm³/mol. The molecule has 0 aliphatic rings. The molecule has 2 N–H and O–H groups in total. The summed E-state index contributed by atoms with van der Waals surface area (Å²) in [6.45, 7) is 1.82. The Bertz CT molecular complexity index is 198. The first-order chi connectivity index (χ1) is 5.93. The van der Waals surface area contributed by atoms with Gasteiger partial charge in [0.15, 0.2) is 0 Å². The number of pyridine rings is 1. The average Bonchev–Trinajstić information content (AvgIpc) is 2.14. The second-order valence-corrected chi connectivity index (χ2v) is 2.60. The Balaban J connectivity index is 2.16. The van der Waals surface area contributed by atoms with Crippen molar-refractivity contribution >= 4 is 0 Å². The Labute approximate surface area is 73.2 Å². The molecule has 12 heavy (non-hydrogen) atoms. The molecule has 0 aliphatic heterocycles. The number of hydrogen-bond acceptors (Lipinski definition) is 3. The molecule has 0 amide bonds. The van der Waals surface area contributed by atoms with Crippen molar-refractivity contribution in [3.8, 4) is 0 Å². The van der Waals surface area contributed by atoms with Gasteiger partial charge in [-0.1, -0.05) is 6.07 Å². The molecule has 0 fully saturated rings. The first kappa shape index (κ1) is 9.16. The van der Waals surface area contributed by atoms with E-state index in [0.29, 0.717) is 0 Å². The van der Waals surface area contributed by atoms with Gasteiger partial charge < -0.3 is 10.6 Å². The summed E-state index contributed by atoms with van der Waals surface area (Å²) in [5.41, 5.74) is 1.14. The lowest BCUT2D eigenvalue weighted by atomic mass is 10.3. The van der Waals surface area contributed by atoms with E-state index in [9.17, 15) is 0 Å². The van der Waals surface area contributed by atoms with Crippen molar-refractivity contribution in [1.29, 1.82) is 0 Å². The lowest BCUT2D eigenvalue weighted by Crippen LogP contribution is -2.27. The van der Waals surface area contributed by atoms with E-state index < -0.39 is 0 Å². The molecule has 0 spiro atoms. The number of rotatable bonds is 5. The Morgan fingerprint density at radius 1 is 1.42 bits per heavy atom. The minimum absolute atomic E-state index is 0.854. The molecule has 0 saturated carbocycles. The van der Waals surface area contributed by atoms with E-state index in [1.54, 1.807) is 0 Å². The summed E-state index contributed by atoms with van der Waals surface area (Å²) in [5, 5.41) is 6.25. The first-order valence-corrected chi connectivity index (χ1v) is 4.18. The lowest BCUT2D eigenvalue weighted by Gasteiger charge is -2.02. The Morgan fingerprint density at radius 3 is 3.00 bits per heavy atom. The molecule has 1 aromatic rings. The highest BCUT2D eigenvalue weighted by Gasteiger charge is 1.90. The van der Waals surface area contributed by atoms with Crippen molar-refractivity contribution in [1.82, 2.24) is 15.6 Å². The van der Waals surface area contributed by atoms with E-state index in [2.05, 4.69) is 15.6 Å². The summed E-state index contributed by atoms with van der Waals surface area (Å²) in [6.07, 6.45) is 2.82. The smallest absolute Gasteiger partial charge is 0.0451 e. The van der Waals surface area contributed by atoms with Gasteiger partial charge in [0.25, 0.3) is 0 Å². The van der Waals surface area contributed by atoms with Crippen LogP contribution in [0.1, 0.15) is 5.69 Å². The van der Waals surface area contributed by atoms with Gasteiger partial charge in [0.1, 0.15) is 0 Å². The Kier molecular flexibility index (Phi) is 4.34. The number of nitrogens with zero attached hydrogens (tertiary/aromatic N) is 1. The fourth-order valence-corrected chi connectivity index (χ4v) is 0.976. The van der Waals surface area contributed by atoms with Gasteiger partial charge in [-0.05, 0) is 19.2 Å². The number of hydrogen-bond donors (Lipinski definition) is 2. The molecular formula is C9H15N3. The van der Waals surface area contributed by atoms with Crippen molar-refractivity contribution in [3.63, 3.8) is 0 Å². The Morgan fingerprint density at radius 2 is 2.33 bits per heavy atom. The molecule has 0 radical (unpaired) electrons. The zero-order valence-corrected chi connectivity index (χ0v) is 7.38. The van der Waals surface area contributed by atoms with Gasteiger partial charge in [-0.15, -0.1) is 0 Å². The third kappa shape index (κ3) is 3.46. The highest BCUT2D eigenvalue weighted by molar-refractivity contribution is 5.03. The zero-order valence-electron chi connectivity index (χ0n) is 7.38. The van der Waals surface area contributed by atoms with Crippen molar-refractivity contribution < 1.29 is 0 Å². The van der Waals surface area contributed by atoms with E-state index >= 15 is 0 Å². The third-order valence-corrected chi connectivity index (χ3v) is 1.59. The molecule has 66 valence electrons. The average molecular weight is 165 g/mol. The van der Waals surface area contributed by atoms with E-state index in [1.807, 2.05) is 31.4 Å². The molecule has 1 aromatic heterocycles. The highest BCUT2D eigenvalue weighted by atomic mass is 15.0. The van der Waals surface area contributed by atoms with Crippen LogP contribution in [0.25, 0.3) is 0 Å².